The minimum Gasteiger partial charge on any atom is -0.444 e. The summed E-state index contributed by atoms with van der Waals surface area (Å²) in [7, 11) is 1.83. The second kappa shape index (κ2) is 12.4. The van der Waals surface area contributed by atoms with Gasteiger partial charge in [-0.2, -0.15) is 0 Å². The van der Waals surface area contributed by atoms with Crippen LogP contribution in [0.3, 0.4) is 0 Å². The fraction of sp³-hybridized carbons (Fsp3) is 0.552. The Labute approximate surface area is 249 Å². The summed E-state index contributed by atoms with van der Waals surface area (Å²) in [5, 5.41) is 3.24. The Hall–Kier alpha value is -3.42. The summed E-state index contributed by atoms with van der Waals surface area (Å²) in [6.45, 7) is 9.35. The van der Waals surface area contributed by atoms with Gasteiger partial charge in [0.1, 0.15) is 17.5 Å². The van der Waals surface area contributed by atoms with Crippen LogP contribution in [0.15, 0.2) is 41.3 Å². The maximum Gasteiger partial charge on any atom is 0.410 e. The number of carbonyl (C=O) groups is 2. The van der Waals surface area contributed by atoms with Gasteiger partial charge < -0.3 is 29.7 Å². The molecule has 1 aromatic carbocycles. The van der Waals surface area contributed by atoms with Gasteiger partial charge in [-0.3, -0.25) is 4.79 Å². The summed E-state index contributed by atoms with van der Waals surface area (Å²) in [6, 6.07) is 9.77. The molecule has 2 amide bonds. The normalized spacial score (nSPS) is 18.3. The molecule has 12 nitrogen and oxygen atoms in total. The molecule has 3 heterocycles. The van der Waals surface area contributed by atoms with E-state index in [1.807, 2.05) is 52.8 Å². The molecule has 42 heavy (non-hydrogen) atoms. The first-order chi connectivity index (χ1) is 19.7. The number of nitrogens with zero attached hydrogens (tertiary/aromatic N) is 5. The van der Waals surface area contributed by atoms with E-state index in [0.29, 0.717) is 62.0 Å². The van der Waals surface area contributed by atoms with E-state index in [1.165, 1.54) is 0 Å². The van der Waals surface area contributed by atoms with Crippen molar-refractivity contribution in [3.05, 3.63) is 36.4 Å². The number of anilines is 4. The molecule has 0 spiro atoms. The van der Waals surface area contributed by atoms with Crippen LogP contribution in [0.1, 0.15) is 40.5 Å². The third-order valence-electron chi connectivity index (χ3n) is 7.34. The Balaban J connectivity index is 1.54. The van der Waals surface area contributed by atoms with E-state index in [0.717, 1.165) is 0 Å². The highest BCUT2D eigenvalue weighted by Gasteiger charge is 2.40. The van der Waals surface area contributed by atoms with Crippen LogP contribution in [-0.4, -0.2) is 100 Å². The minimum atomic E-state index is -3.68. The molecule has 4 rings (SSSR count). The molecule has 2 aliphatic heterocycles. The van der Waals surface area contributed by atoms with E-state index in [2.05, 4.69) is 14.9 Å². The number of amides is 2. The average molecular weight is 602 g/mol. The summed E-state index contributed by atoms with van der Waals surface area (Å²) in [4.78, 5) is 38.1. The third kappa shape index (κ3) is 7.31. The van der Waals surface area contributed by atoms with Gasteiger partial charge in [0.25, 0.3) is 0 Å². The minimum absolute atomic E-state index is 0.000419. The number of ether oxygens (including phenoxy) is 1. The van der Waals surface area contributed by atoms with E-state index >= 15 is 0 Å². The predicted molar refractivity (Wildman–Crippen MR) is 164 cm³/mol. The smallest absolute Gasteiger partial charge is 0.410 e. The quantitative estimate of drug-likeness (QED) is 0.469. The summed E-state index contributed by atoms with van der Waals surface area (Å²) >= 11 is 0. The molecule has 0 saturated carbocycles. The van der Waals surface area contributed by atoms with Gasteiger partial charge in [0.2, 0.25) is 15.9 Å². The lowest BCUT2D eigenvalue weighted by molar-refractivity contribution is -0.119. The highest BCUT2D eigenvalue weighted by Crippen LogP contribution is 2.38. The van der Waals surface area contributed by atoms with Crippen LogP contribution in [0.5, 0.6) is 0 Å². The molecular weight excluding hydrogens is 558 g/mol. The number of aromatic nitrogens is 1. The number of likely N-dealkylation sites (tertiary alicyclic amines) is 1. The van der Waals surface area contributed by atoms with Crippen molar-refractivity contribution in [2.24, 2.45) is 0 Å². The van der Waals surface area contributed by atoms with Crippen molar-refractivity contribution >= 4 is 45.0 Å². The summed E-state index contributed by atoms with van der Waals surface area (Å²) in [6.07, 6.45) is 1.01. The van der Waals surface area contributed by atoms with Gasteiger partial charge in [0.15, 0.2) is 5.82 Å². The fourth-order valence-corrected chi connectivity index (χ4v) is 6.25. The highest BCUT2D eigenvalue weighted by atomic mass is 32.2. The lowest BCUT2D eigenvalue weighted by Gasteiger charge is -2.46. The molecule has 1 atom stereocenters. The molecule has 1 saturated heterocycles. The molecule has 0 bridgehead atoms. The SMILES string of the molecule is C[C@@H]1C(=O)N(C)c2ccc(Nc3cccc(S(=O)(=O)NCCN(C)C)c3)nc2N1C1CCN(C(=O)OC(C)(C)C)CC1. The van der Waals surface area contributed by atoms with Crippen LogP contribution in [0, 0.1) is 0 Å². The van der Waals surface area contributed by atoms with E-state index in [9.17, 15) is 18.0 Å². The lowest BCUT2D eigenvalue weighted by atomic mass is 9.99. The topological polar surface area (TPSA) is 127 Å². The number of fused-ring (bicyclic) bond motifs is 1. The maximum absolute atomic E-state index is 13.2. The van der Waals surface area contributed by atoms with Crippen molar-refractivity contribution in [3.8, 4) is 0 Å². The van der Waals surface area contributed by atoms with E-state index < -0.39 is 21.7 Å². The van der Waals surface area contributed by atoms with Gasteiger partial charge in [0, 0.05) is 45.0 Å². The number of likely N-dealkylation sites (N-methyl/N-ethyl adjacent to an activating group) is 2. The molecule has 2 aromatic rings. The van der Waals surface area contributed by atoms with Crippen molar-refractivity contribution in [3.63, 3.8) is 0 Å². The molecular formula is C29H43N7O5S. The molecule has 0 aliphatic carbocycles. The molecule has 1 fully saturated rings. The van der Waals surface area contributed by atoms with Crippen molar-refractivity contribution < 1.29 is 22.7 Å². The van der Waals surface area contributed by atoms with Gasteiger partial charge in [-0.25, -0.2) is 22.9 Å². The first kappa shape index (κ1) is 31.5. The first-order valence-electron chi connectivity index (χ1n) is 14.2. The number of hydrogen-bond acceptors (Lipinski definition) is 9. The molecule has 230 valence electrons. The zero-order valence-electron chi connectivity index (χ0n) is 25.5. The number of benzene rings is 1. The van der Waals surface area contributed by atoms with Crippen LogP contribution in [0.4, 0.5) is 27.8 Å². The predicted octanol–water partition coefficient (Wildman–Crippen LogP) is 3.24. The Bertz CT molecular complexity index is 1400. The monoisotopic (exact) mass is 601 g/mol. The van der Waals surface area contributed by atoms with Crippen molar-refractivity contribution in [1.29, 1.82) is 0 Å². The summed E-state index contributed by atoms with van der Waals surface area (Å²) < 4.78 is 33.8. The number of sulfonamides is 1. The second-order valence-corrected chi connectivity index (χ2v) is 13.8. The van der Waals surface area contributed by atoms with Crippen LogP contribution in [0.2, 0.25) is 0 Å². The van der Waals surface area contributed by atoms with Gasteiger partial charge in [-0.05, 0) is 85.0 Å². The standard InChI is InChI=1S/C29H43N7O5S/c1-20-27(37)34(7)24-11-12-25(31-21-9-8-10-23(19-21)42(39,40)30-15-18-33(5)6)32-26(24)36(20)22-13-16-35(17-14-22)28(38)41-29(2,3)4/h8-12,19-20,22,30H,13-18H2,1-7H3,(H,31,32)/t20-/m1/s1. The van der Waals surface area contributed by atoms with Crippen LogP contribution < -0.4 is 19.8 Å². The maximum atomic E-state index is 13.2. The Morgan fingerprint density at radius 3 is 2.48 bits per heavy atom. The largest absolute Gasteiger partial charge is 0.444 e. The zero-order valence-corrected chi connectivity index (χ0v) is 26.4. The number of carbonyl (C=O) groups excluding carboxylic acids is 2. The fourth-order valence-electron chi connectivity index (χ4n) is 5.18. The highest BCUT2D eigenvalue weighted by molar-refractivity contribution is 7.89. The number of nitrogens with one attached hydrogen (secondary N) is 2. The van der Waals surface area contributed by atoms with Gasteiger partial charge in [-0.1, -0.05) is 6.07 Å². The van der Waals surface area contributed by atoms with Gasteiger partial charge in [-0.15, -0.1) is 0 Å². The van der Waals surface area contributed by atoms with Crippen molar-refractivity contribution in [1.82, 2.24) is 19.5 Å². The molecule has 0 unspecified atom stereocenters. The first-order valence-corrected chi connectivity index (χ1v) is 15.7. The molecule has 2 aliphatic rings. The summed E-state index contributed by atoms with van der Waals surface area (Å²) in [5.74, 6) is 1.16. The number of hydrogen-bond donors (Lipinski definition) is 2. The number of piperidine rings is 1. The van der Waals surface area contributed by atoms with E-state index in [4.69, 9.17) is 9.72 Å². The van der Waals surface area contributed by atoms with Crippen molar-refractivity contribution in [2.75, 3.05) is 62.4 Å². The molecule has 0 radical (unpaired) electrons. The van der Waals surface area contributed by atoms with E-state index in [1.54, 1.807) is 47.2 Å². The van der Waals surface area contributed by atoms with Crippen LogP contribution in [0.25, 0.3) is 0 Å². The van der Waals surface area contributed by atoms with Crippen LogP contribution in [-0.2, 0) is 19.6 Å². The Morgan fingerprint density at radius 1 is 1.14 bits per heavy atom. The van der Waals surface area contributed by atoms with E-state index in [-0.39, 0.29) is 22.9 Å². The number of pyridine rings is 1. The lowest BCUT2D eigenvalue weighted by Crippen LogP contribution is -2.57. The third-order valence-corrected chi connectivity index (χ3v) is 8.80. The van der Waals surface area contributed by atoms with Gasteiger partial charge >= 0.3 is 6.09 Å². The van der Waals surface area contributed by atoms with Gasteiger partial charge in [0.05, 0.1) is 10.6 Å². The second-order valence-electron chi connectivity index (χ2n) is 12.1. The van der Waals surface area contributed by atoms with Crippen LogP contribution >= 0.6 is 0 Å². The molecule has 2 N–H and O–H groups in total. The Morgan fingerprint density at radius 2 is 1.83 bits per heavy atom. The van der Waals surface area contributed by atoms with Crippen molar-refractivity contribution in [2.45, 2.75) is 63.1 Å². The molecule has 1 aromatic heterocycles. The Kier molecular flexibility index (Phi) is 9.33. The average Bonchev–Trinajstić information content (AvgIpc) is 2.91. The zero-order chi connectivity index (χ0) is 30.8. The molecule has 13 heteroatoms. The number of rotatable bonds is 8. The summed E-state index contributed by atoms with van der Waals surface area (Å²) in [5.41, 5.74) is 0.702.